The molecule has 3 atom stereocenters. The molecule has 0 spiro atoms. The predicted molar refractivity (Wildman–Crippen MR) is 128 cm³/mol. The fourth-order valence-corrected chi connectivity index (χ4v) is 5.18. The van der Waals surface area contributed by atoms with Crippen molar-refractivity contribution >= 4 is 11.8 Å². The number of carbonyl (C=O) groups is 2. The number of amides is 2. The quantitative estimate of drug-likeness (QED) is 0.695. The number of hydrogen-bond acceptors (Lipinski definition) is 5. The number of nitrogens with zero attached hydrogens (tertiary/aromatic N) is 4. The highest BCUT2D eigenvalue weighted by Gasteiger charge is 2.45. The lowest BCUT2D eigenvalue weighted by molar-refractivity contribution is -0.143. The van der Waals surface area contributed by atoms with Crippen molar-refractivity contribution in [1.29, 1.82) is 0 Å². The topological polar surface area (TPSA) is 89.4 Å². The summed E-state index contributed by atoms with van der Waals surface area (Å²) in [5.41, 5.74) is 0.664. The molecule has 4 rings (SSSR count). The standard InChI is InChI=1S/C23H37N5O3.C2H6/c1-23(2,3)31-17-12-19(21(29)24-4)27(13-17)22(30)20(16-8-6-5-7-9-16)28-14-18(25-26-28)15-10-11-15;1-2/h14-17,19-20H,5-13H2,1-4H3,(H,24,29);1-2H3/t17-,19+,20+;/m1./s1. The van der Waals surface area contributed by atoms with E-state index in [2.05, 4.69) is 15.6 Å². The minimum absolute atomic E-state index is 0.0206. The van der Waals surface area contributed by atoms with Crippen molar-refractivity contribution in [1.82, 2.24) is 25.2 Å². The molecule has 0 radical (unpaired) electrons. The average molecular weight is 462 g/mol. The Kier molecular flexibility index (Phi) is 8.54. The first kappa shape index (κ1) is 25.7. The van der Waals surface area contributed by atoms with Gasteiger partial charge in [-0.15, -0.1) is 5.10 Å². The van der Waals surface area contributed by atoms with Crippen LogP contribution in [0.2, 0.25) is 0 Å². The van der Waals surface area contributed by atoms with E-state index in [1.807, 2.05) is 40.8 Å². The SMILES string of the molecule is CC.CNC(=O)[C@@H]1C[C@@H](OC(C)(C)C)CN1C(=O)[C@H](C1CCCCC1)n1cc(C2CC2)nn1. The van der Waals surface area contributed by atoms with Crippen molar-refractivity contribution in [3.63, 3.8) is 0 Å². The van der Waals surface area contributed by atoms with Crippen molar-refractivity contribution in [3.8, 4) is 0 Å². The Morgan fingerprint density at radius 1 is 1.12 bits per heavy atom. The Labute approximate surface area is 198 Å². The molecular weight excluding hydrogens is 418 g/mol. The third-order valence-electron chi connectivity index (χ3n) is 6.77. The van der Waals surface area contributed by atoms with Gasteiger partial charge in [0.2, 0.25) is 11.8 Å². The van der Waals surface area contributed by atoms with Gasteiger partial charge in [-0.1, -0.05) is 38.3 Å². The number of carbonyl (C=O) groups excluding carboxylic acids is 2. The lowest BCUT2D eigenvalue weighted by Crippen LogP contribution is -2.49. The van der Waals surface area contributed by atoms with Crippen LogP contribution in [0.1, 0.15) is 104 Å². The average Bonchev–Trinajstić information content (AvgIpc) is 3.40. The van der Waals surface area contributed by atoms with Gasteiger partial charge in [0.1, 0.15) is 12.1 Å². The van der Waals surface area contributed by atoms with Crippen molar-refractivity contribution in [3.05, 3.63) is 11.9 Å². The van der Waals surface area contributed by atoms with Gasteiger partial charge in [0.05, 0.1) is 17.4 Å². The first-order chi connectivity index (χ1) is 15.8. The van der Waals surface area contributed by atoms with Crippen LogP contribution in [-0.4, -0.2) is 63.0 Å². The highest BCUT2D eigenvalue weighted by molar-refractivity contribution is 5.90. The van der Waals surface area contributed by atoms with Crippen molar-refractivity contribution in [2.45, 2.75) is 116 Å². The van der Waals surface area contributed by atoms with E-state index in [9.17, 15) is 9.59 Å². The van der Waals surface area contributed by atoms with Crippen molar-refractivity contribution < 1.29 is 14.3 Å². The Hall–Kier alpha value is -1.96. The summed E-state index contributed by atoms with van der Waals surface area (Å²) in [6.45, 7) is 10.5. The summed E-state index contributed by atoms with van der Waals surface area (Å²) in [5.74, 6) is 0.564. The molecule has 1 N–H and O–H groups in total. The molecule has 2 amide bonds. The minimum Gasteiger partial charge on any atom is -0.371 e. The van der Waals surface area contributed by atoms with Gasteiger partial charge in [-0.3, -0.25) is 9.59 Å². The molecule has 8 heteroatoms. The molecule has 1 aromatic rings. The molecule has 2 heterocycles. The van der Waals surface area contributed by atoms with Gasteiger partial charge in [-0.2, -0.15) is 0 Å². The molecule has 8 nitrogen and oxygen atoms in total. The molecule has 1 aromatic heterocycles. The van der Waals surface area contributed by atoms with E-state index in [1.54, 1.807) is 16.6 Å². The van der Waals surface area contributed by atoms with Gasteiger partial charge >= 0.3 is 0 Å². The Balaban J connectivity index is 0.00000149. The van der Waals surface area contributed by atoms with Crippen LogP contribution in [0.15, 0.2) is 6.20 Å². The van der Waals surface area contributed by atoms with Crippen LogP contribution < -0.4 is 5.32 Å². The van der Waals surface area contributed by atoms with Gasteiger partial charge in [0.15, 0.2) is 0 Å². The van der Waals surface area contributed by atoms with Gasteiger partial charge < -0.3 is 15.0 Å². The zero-order chi connectivity index (χ0) is 24.2. The molecule has 0 unspecified atom stereocenters. The first-order valence-electron chi connectivity index (χ1n) is 12.9. The number of likely N-dealkylation sites (N-methyl/N-ethyl adjacent to an activating group) is 1. The van der Waals surface area contributed by atoms with Crippen molar-refractivity contribution in [2.24, 2.45) is 5.92 Å². The molecule has 1 aliphatic heterocycles. The molecule has 33 heavy (non-hydrogen) atoms. The summed E-state index contributed by atoms with van der Waals surface area (Å²) in [6, 6.07) is -0.914. The van der Waals surface area contributed by atoms with Gasteiger partial charge in [0.25, 0.3) is 0 Å². The molecule has 186 valence electrons. The van der Waals surface area contributed by atoms with E-state index in [4.69, 9.17) is 4.74 Å². The number of ether oxygens (including phenoxy) is 1. The predicted octanol–water partition coefficient (Wildman–Crippen LogP) is 3.83. The van der Waals surface area contributed by atoms with Crippen LogP contribution >= 0.6 is 0 Å². The summed E-state index contributed by atoms with van der Waals surface area (Å²) in [4.78, 5) is 28.4. The zero-order valence-corrected chi connectivity index (χ0v) is 21.3. The van der Waals surface area contributed by atoms with Crippen LogP contribution in [-0.2, 0) is 14.3 Å². The molecule has 3 aliphatic rings. The van der Waals surface area contributed by atoms with Gasteiger partial charge in [-0.05, 0) is 52.4 Å². The highest BCUT2D eigenvalue weighted by Crippen LogP contribution is 2.40. The maximum absolute atomic E-state index is 14.0. The Morgan fingerprint density at radius 2 is 1.79 bits per heavy atom. The van der Waals surface area contributed by atoms with E-state index in [0.29, 0.717) is 18.9 Å². The maximum atomic E-state index is 14.0. The number of aromatic nitrogens is 3. The van der Waals surface area contributed by atoms with Crippen molar-refractivity contribution in [2.75, 3.05) is 13.6 Å². The summed E-state index contributed by atoms with van der Waals surface area (Å²) < 4.78 is 7.97. The van der Waals surface area contributed by atoms with Crippen LogP contribution in [0.5, 0.6) is 0 Å². The second kappa shape index (κ2) is 11.0. The van der Waals surface area contributed by atoms with E-state index in [0.717, 1.165) is 44.2 Å². The van der Waals surface area contributed by atoms with E-state index in [-0.39, 0.29) is 29.4 Å². The fourth-order valence-electron chi connectivity index (χ4n) is 5.18. The monoisotopic (exact) mass is 461 g/mol. The maximum Gasteiger partial charge on any atom is 0.248 e. The van der Waals surface area contributed by atoms with E-state index < -0.39 is 12.1 Å². The highest BCUT2D eigenvalue weighted by atomic mass is 16.5. The molecule has 0 aromatic carbocycles. The largest absolute Gasteiger partial charge is 0.371 e. The van der Waals surface area contributed by atoms with E-state index in [1.165, 1.54) is 6.42 Å². The Morgan fingerprint density at radius 3 is 2.36 bits per heavy atom. The fraction of sp³-hybridized carbons (Fsp3) is 0.840. The normalized spacial score (nSPS) is 24.7. The number of nitrogens with one attached hydrogen (secondary N) is 1. The smallest absolute Gasteiger partial charge is 0.248 e. The summed E-state index contributed by atoms with van der Waals surface area (Å²) >= 11 is 0. The number of rotatable bonds is 6. The second-order valence-electron chi connectivity index (χ2n) is 10.4. The van der Waals surface area contributed by atoms with Crippen LogP contribution in [0, 0.1) is 5.92 Å². The van der Waals surface area contributed by atoms with Crippen LogP contribution in [0.3, 0.4) is 0 Å². The third-order valence-corrected chi connectivity index (χ3v) is 6.77. The number of likely N-dealkylation sites (tertiary alicyclic amines) is 1. The third kappa shape index (κ3) is 6.34. The van der Waals surface area contributed by atoms with Crippen LogP contribution in [0.25, 0.3) is 0 Å². The molecule has 2 saturated carbocycles. The number of hydrogen-bond donors (Lipinski definition) is 1. The summed E-state index contributed by atoms with van der Waals surface area (Å²) in [7, 11) is 1.63. The zero-order valence-electron chi connectivity index (χ0n) is 21.3. The van der Waals surface area contributed by atoms with Gasteiger partial charge in [-0.25, -0.2) is 4.68 Å². The summed E-state index contributed by atoms with van der Waals surface area (Å²) in [6.07, 6.45) is 10.1. The minimum atomic E-state index is -0.512. The Bertz CT molecular complexity index is 792. The lowest BCUT2D eigenvalue weighted by atomic mass is 9.83. The second-order valence-corrected chi connectivity index (χ2v) is 10.4. The molecule has 2 aliphatic carbocycles. The lowest BCUT2D eigenvalue weighted by Gasteiger charge is -2.34. The van der Waals surface area contributed by atoms with Crippen LogP contribution in [0.4, 0.5) is 0 Å². The first-order valence-corrected chi connectivity index (χ1v) is 12.9. The molecule has 0 bridgehead atoms. The van der Waals surface area contributed by atoms with Gasteiger partial charge in [0, 0.05) is 32.1 Å². The molecule has 3 fully saturated rings. The van der Waals surface area contributed by atoms with E-state index >= 15 is 0 Å². The molecular formula is C25H43N5O3. The summed E-state index contributed by atoms with van der Waals surface area (Å²) in [5, 5.41) is 11.5. The molecule has 1 saturated heterocycles.